The zero-order valence-electron chi connectivity index (χ0n) is 7.05. The monoisotopic (exact) mass is 153 g/mol. The van der Waals surface area contributed by atoms with Crippen molar-refractivity contribution >= 4 is 5.78 Å². The molecule has 11 heavy (non-hydrogen) atoms. The van der Waals surface area contributed by atoms with Gasteiger partial charge in [0.25, 0.3) is 0 Å². The van der Waals surface area contributed by atoms with Crippen LogP contribution in [0.1, 0.15) is 19.3 Å². The normalized spacial score (nSPS) is 39.2. The summed E-state index contributed by atoms with van der Waals surface area (Å²) in [7, 11) is 2.16. The molecule has 2 heteroatoms. The highest BCUT2D eigenvalue weighted by Crippen LogP contribution is 2.33. The summed E-state index contributed by atoms with van der Waals surface area (Å²) in [4.78, 5) is 13.4. The zero-order valence-corrected chi connectivity index (χ0v) is 7.05. The second-order valence-electron chi connectivity index (χ2n) is 4.02. The molecule has 2 aliphatic rings. The summed E-state index contributed by atoms with van der Waals surface area (Å²) in [5, 5.41) is 0. The maximum absolute atomic E-state index is 11.1. The molecule has 0 N–H and O–H groups in total. The number of nitrogens with zero attached hydrogens (tertiary/aromatic N) is 1. The highest BCUT2D eigenvalue weighted by atomic mass is 16.1. The molecule has 2 nitrogen and oxygen atoms in total. The first-order chi connectivity index (χ1) is 5.25. The van der Waals surface area contributed by atoms with Crippen molar-refractivity contribution in [1.29, 1.82) is 0 Å². The van der Waals surface area contributed by atoms with Gasteiger partial charge in [-0.3, -0.25) is 4.79 Å². The molecule has 0 spiro atoms. The van der Waals surface area contributed by atoms with Gasteiger partial charge in [-0.2, -0.15) is 0 Å². The van der Waals surface area contributed by atoms with Crippen LogP contribution in [0.3, 0.4) is 0 Å². The van der Waals surface area contributed by atoms with Gasteiger partial charge in [-0.05, 0) is 25.3 Å². The summed E-state index contributed by atoms with van der Waals surface area (Å²) < 4.78 is 0. The topological polar surface area (TPSA) is 20.3 Å². The first-order valence-corrected chi connectivity index (χ1v) is 4.46. The number of rotatable bonds is 0. The minimum Gasteiger partial charge on any atom is -0.306 e. The molecule has 1 saturated heterocycles. The quantitative estimate of drug-likeness (QED) is 0.515. The van der Waals surface area contributed by atoms with E-state index in [9.17, 15) is 4.79 Å². The van der Waals surface area contributed by atoms with E-state index in [4.69, 9.17) is 0 Å². The summed E-state index contributed by atoms with van der Waals surface area (Å²) in [5.74, 6) is 2.01. The Balaban J connectivity index is 2.02. The van der Waals surface area contributed by atoms with Crippen LogP contribution in [-0.2, 0) is 4.79 Å². The highest BCUT2D eigenvalue weighted by molar-refractivity contribution is 5.79. The summed E-state index contributed by atoms with van der Waals surface area (Å²) in [6.45, 7) is 2.37. The van der Waals surface area contributed by atoms with E-state index in [2.05, 4.69) is 11.9 Å². The lowest BCUT2D eigenvalue weighted by molar-refractivity contribution is -0.122. The summed E-state index contributed by atoms with van der Waals surface area (Å²) in [6.07, 6.45) is 2.85. The van der Waals surface area contributed by atoms with Crippen molar-refractivity contribution in [3.8, 4) is 0 Å². The Bertz CT molecular complexity index is 178. The molecule has 1 aliphatic carbocycles. The zero-order chi connectivity index (χ0) is 7.84. The van der Waals surface area contributed by atoms with Crippen LogP contribution in [0.5, 0.6) is 0 Å². The van der Waals surface area contributed by atoms with E-state index in [0.29, 0.717) is 11.7 Å². The van der Waals surface area contributed by atoms with E-state index in [1.165, 1.54) is 6.54 Å². The maximum atomic E-state index is 11.1. The Morgan fingerprint density at radius 1 is 1.36 bits per heavy atom. The minimum atomic E-state index is 0.488. The van der Waals surface area contributed by atoms with Crippen molar-refractivity contribution in [2.24, 2.45) is 11.8 Å². The first-order valence-electron chi connectivity index (χ1n) is 4.46. The summed E-state index contributed by atoms with van der Waals surface area (Å²) in [5.41, 5.74) is 0. The van der Waals surface area contributed by atoms with Crippen molar-refractivity contribution < 1.29 is 4.79 Å². The van der Waals surface area contributed by atoms with E-state index >= 15 is 0 Å². The van der Waals surface area contributed by atoms with Crippen LogP contribution in [0.2, 0.25) is 0 Å². The predicted octanol–water partition coefficient (Wildman–Crippen LogP) is 0.917. The van der Waals surface area contributed by atoms with E-state index in [1.54, 1.807) is 0 Å². The molecular weight excluding hydrogens is 138 g/mol. The molecule has 0 aromatic heterocycles. The highest BCUT2D eigenvalue weighted by Gasteiger charge is 2.35. The predicted molar refractivity (Wildman–Crippen MR) is 43.3 cm³/mol. The van der Waals surface area contributed by atoms with E-state index < -0.39 is 0 Å². The van der Waals surface area contributed by atoms with Gasteiger partial charge in [0.2, 0.25) is 0 Å². The number of carbonyl (C=O) groups excluding carboxylic acids is 1. The number of fused-ring (bicyclic) bond motifs is 1. The average Bonchev–Trinajstić information content (AvgIpc) is 2.27. The van der Waals surface area contributed by atoms with Gasteiger partial charge in [-0.25, -0.2) is 0 Å². The molecule has 62 valence electrons. The van der Waals surface area contributed by atoms with E-state index in [0.717, 1.165) is 31.7 Å². The Hall–Kier alpha value is -0.370. The Morgan fingerprint density at radius 2 is 2.09 bits per heavy atom. The second-order valence-corrected chi connectivity index (χ2v) is 4.02. The molecule has 0 radical (unpaired) electrons. The second kappa shape index (κ2) is 2.59. The number of hydrogen-bond acceptors (Lipinski definition) is 2. The van der Waals surface area contributed by atoms with Gasteiger partial charge < -0.3 is 4.90 Å². The number of likely N-dealkylation sites (tertiary alicyclic amines) is 1. The molecule has 0 aromatic rings. The van der Waals surface area contributed by atoms with Crippen LogP contribution < -0.4 is 0 Å². The van der Waals surface area contributed by atoms with Crippen LogP contribution in [0.4, 0.5) is 0 Å². The van der Waals surface area contributed by atoms with Crippen LogP contribution in [-0.4, -0.2) is 30.8 Å². The third-order valence-corrected chi connectivity index (χ3v) is 3.04. The number of carbonyl (C=O) groups is 1. The van der Waals surface area contributed by atoms with Crippen LogP contribution >= 0.6 is 0 Å². The molecule has 0 unspecified atom stereocenters. The van der Waals surface area contributed by atoms with Crippen molar-refractivity contribution in [2.45, 2.75) is 19.3 Å². The lowest BCUT2D eigenvalue weighted by atomic mass is 9.81. The van der Waals surface area contributed by atoms with Crippen molar-refractivity contribution in [3.63, 3.8) is 0 Å². The molecule has 1 heterocycles. The largest absolute Gasteiger partial charge is 0.306 e. The molecule has 1 saturated carbocycles. The third-order valence-electron chi connectivity index (χ3n) is 3.04. The smallest absolute Gasteiger partial charge is 0.133 e. The van der Waals surface area contributed by atoms with Crippen LogP contribution in [0.15, 0.2) is 0 Å². The van der Waals surface area contributed by atoms with E-state index in [-0.39, 0.29) is 0 Å². The van der Waals surface area contributed by atoms with Gasteiger partial charge in [-0.15, -0.1) is 0 Å². The molecule has 2 fully saturated rings. The van der Waals surface area contributed by atoms with Gasteiger partial charge >= 0.3 is 0 Å². The summed E-state index contributed by atoms with van der Waals surface area (Å²) >= 11 is 0. The van der Waals surface area contributed by atoms with Gasteiger partial charge in [0, 0.05) is 25.9 Å². The minimum absolute atomic E-state index is 0.488. The lowest BCUT2D eigenvalue weighted by Gasteiger charge is -2.22. The Morgan fingerprint density at radius 3 is 2.91 bits per heavy atom. The standard InChI is InChI=1S/C9H15NO/c1-10-5-7-2-3-9(11)4-8(7)6-10/h7-8H,2-6H2,1H3/t7-,8-/m0/s1. The first kappa shape index (κ1) is 7.29. The Kier molecular flexibility index (Phi) is 1.72. The fourth-order valence-corrected chi connectivity index (χ4v) is 2.47. The van der Waals surface area contributed by atoms with Gasteiger partial charge in [0.1, 0.15) is 5.78 Å². The number of Topliss-reactive ketones (excluding diaryl/α,β-unsaturated/α-hetero) is 1. The third kappa shape index (κ3) is 1.32. The van der Waals surface area contributed by atoms with Crippen molar-refractivity contribution in [2.75, 3.05) is 20.1 Å². The molecule has 1 aliphatic heterocycles. The molecular formula is C9H15NO. The van der Waals surface area contributed by atoms with Crippen LogP contribution in [0.25, 0.3) is 0 Å². The number of hydrogen-bond donors (Lipinski definition) is 0. The molecule has 2 atom stereocenters. The van der Waals surface area contributed by atoms with Gasteiger partial charge in [0.15, 0.2) is 0 Å². The molecule has 2 rings (SSSR count). The number of ketones is 1. The SMILES string of the molecule is CN1C[C@@H]2CCC(=O)C[C@H]2C1. The lowest BCUT2D eigenvalue weighted by Crippen LogP contribution is -2.23. The maximum Gasteiger partial charge on any atom is 0.133 e. The van der Waals surface area contributed by atoms with E-state index in [1.807, 2.05) is 0 Å². The molecule has 0 amide bonds. The van der Waals surface area contributed by atoms with Gasteiger partial charge in [0.05, 0.1) is 0 Å². The molecule has 0 bridgehead atoms. The van der Waals surface area contributed by atoms with Crippen molar-refractivity contribution in [1.82, 2.24) is 4.90 Å². The summed E-state index contributed by atoms with van der Waals surface area (Å²) in [6, 6.07) is 0. The van der Waals surface area contributed by atoms with Crippen LogP contribution in [0, 0.1) is 11.8 Å². The Labute approximate surface area is 67.6 Å². The van der Waals surface area contributed by atoms with Crippen molar-refractivity contribution in [3.05, 3.63) is 0 Å². The fraction of sp³-hybridized carbons (Fsp3) is 0.889. The fourth-order valence-electron chi connectivity index (χ4n) is 2.47. The average molecular weight is 153 g/mol. The van der Waals surface area contributed by atoms with Gasteiger partial charge in [-0.1, -0.05) is 0 Å². The molecule has 0 aromatic carbocycles.